The second-order valence-electron chi connectivity index (χ2n) is 18.5. The van der Waals surface area contributed by atoms with Gasteiger partial charge in [0.05, 0.1) is 27.7 Å². The molecule has 0 aromatic rings. The Labute approximate surface area is 394 Å². The first kappa shape index (κ1) is 61.7. The molecule has 0 rings (SSSR count). The summed E-state index contributed by atoms with van der Waals surface area (Å²) in [5.74, 6) is -0.870. The summed E-state index contributed by atoms with van der Waals surface area (Å²) in [4.78, 5) is 35.5. The van der Waals surface area contributed by atoms with Crippen LogP contribution in [0.25, 0.3) is 0 Å². The highest BCUT2D eigenvalue weighted by Crippen LogP contribution is 2.43. The van der Waals surface area contributed by atoms with Crippen molar-refractivity contribution in [2.45, 2.75) is 225 Å². The van der Waals surface area contributed by atoms with Gasteiger partial charge in [-0.1, -0.05) is 197 Å². The Hall–Kier alpha value is -2.29. The van der Waals surface area contributed by atoms with Crippen LogP contribution in [0.5, 0.6) is 0 Å². The zero-order valence-electron chi connectivity index (χ0n) is 42.0. The van der Waals surface area contributed by atoms with E-state index in [0.717, 1.165) is 57.8 Å². The standard InChI is InChI=1S/C54H98NO8P/c1-6-8-10-12-14-16-18-20-22-24-25-26-27-28-29-31-32-34-36-38-40-42-44-46-53(56)60-50-52(51-62-64(58,59)61-49-48-55(3,4)5)63-54(57)47-45-43-41-39-37-35-33-30-23-21-19-17-15-13-11-9-7-2/h11,13,17,19,23,30,35,37-38,40,52H,6-10,12,14-16,18,20-22,24-29,31-34,36,39,41-51H2,1-5H3/p+1/b13-11+,19-17+,30-23+,37-35+,40-38+/t52-/m0/s1. The van der Waals surface area contributed by atoms with Crippen LogP contribution >= 0.6 is 7.82 Å². The summed E-state index contributed by atoms with van der Waals surface area (Å²) in [5.41, 5.74) is 0. The molecule has 0 aliphatic rings. The SMILES string of the molecule is CCC/C=C/C/C=C/C/C=C/C/C=C/CCCCCC(=O)O[C@@H](COC(=O)CCC/C=C/CCCCCCCCCCCCCCCCCCCC)COP(=O)(O)OCC[N+](C)(C)C. The number of hydrogen-bond donors (Lipinski definition) is 1. The van der Waals surface area contributed by atoms with Crippen LogP contribution in [-0.2, 0) is 32.7 Å². The number of phosphoric ester groups is 1. The molecule has 372 valence electrons. The fourth-order valence-electron chi connectivity index (χ4n) is 6.95. The minimum Gasteiger partial charge on any atom is -0.462 e. The molecule has 9 nitrogen and oxygen atoms in total. The summed E-state index contributed by atoms with van der Waals surface area (Å²) in [7, 11) is 1.44. The maximum Gasteiger partial charge on any atom is 0.472 e. The van der Waals surface area contributed by atoms with Gasteiger partial charge in [-0.25, -0.2) is 4.57 Å². The Bertz CT molecular complexity index is 1270. The average molecular weight is 921 g/mol. The quantitative estimate of drug-likeness (QED) is 0.0211. The van der Waals surface area contributed by atoms with Gasteiger partial charge in [-0.15, -0.1) is 0 Å². The molecule has 0 aromatic carbocycles. The fraction of sp³-hybridized carbons (Fsp3) is 0.778. The Morgan fingerprint density at radius 1 is 0.484 bits per heavy atom. The van der Waals surface area contributed by atoms with Gasteiger partial charge in [0.15, 0.2) is 6.10 Å². The molecule has 0 aliphatic heterocycles. The van der Waals surface area contributed by atoms with Crippen molar-refractivity contribution in [3.8, 4) is 0 Å². The summed E-state index contributed by atoms with van der Waals surface area (Å²) in [5, 5.41) is 0. The van der Waals surface area contributed by atoms with Gasteiger partial charge >= 0.3 is 19.8 Å². The third-order valence-corrected chi connectivity index (χ3v) is 12.0. The molecule has 0 fully saturated rings. The van der Waals surface area contributed by atoms with Crippen LogP contribution in [0.4, 0.5) is 0 Å². The molecule has 0 aromatic heterocycles. The van der Waals surface area contributed by atoms with Crippen molar-refractivity contribution in [2.24, 2.45) is 0 Å². The van der Waals surface area contributed by atoms with E-state index in [1.807, 2.05) is 21.1 Å². The summed E-state index contributed by atoms with van der Waals surface area (Å²) in [6, 6.07) is 0. The molecule has 10 heteroatoms. The van der Waals surface area contributed by atoms with Crippen LogP contribution in [0.1, 0.15) is 219 Å². The van der Waals surface area contributed by atoms with Gasteiger partial charge in [-0.05, 0) is 70.6 Å². The Kier molecular flexibility index (Phi) is 44.2. The number of ether oxygens (including phenoxy) is 2. The summed E-state index contributed by atoms with van der Waals surface area (Å²) in [6.07, 6.45) is 57.2. The lowest BCUT2D eigenvalue weighted by Gasteiger charge is -2.24. The minimum absolute atomic E-state index is 0.0195. The van der Waals surface area contributed by atoms with Gasteiger partial charge in [0, 0.05) is 12.8 Å². The van der Waals surface area contributed by atoms with Crippen molar-refractivity contribution >= 4 is 19.8 Å². The smallest absolute Gasteiger partial charge is 0.462 e. The van der Waals surface area contributed by atoms with Crippen LogP contribution in [0.15, 0.2) is 60.8 Å². The Morgan fingerprint density at radius 3 is 1.38 bits per heavy atom. The number of allylic oxidation sites excluding steroid dienone is 10. The summed E-state index contributed by atoms with van der Waals surface area (Å²) >= 11 is 0. The number of phosphoric acid groups is 1. The van der Waals surface area contributed by atoms with Crippen LogP contribution in [0.2, 0.25) is 0 Å². The van der Waals surface area contributed by atoms with E-state index in [-0.39, 0.29) is 26.1 Å². The Balaban J connectivity index is 4.29. The molecule has 64 heavy (non-hydrogen) atoms. The van der Waals surface area contributed by atoms with E-state index in [9.17, 15) is 19.0 Å². The molecule has 0 saturated heterocycles. The molecule has 0 heterocycles. The number of hydrogen-bond acceptors (Lipinski definition) is 7. The monoisotopic (exact) mass is 921 g/mol. The van der Waals surface area contributed by atoms with E-state index in [1.54, 1.807) is 0 Å². The van der Waals surface area contributed by atoms with E-state index < -0.39 is 32.5 Å². The maximum atomic E-state index is 12.7. The predicted octanol–water partition coefficient (Wildman–Crippen LogP) is 15.6. The Morgan fingerprint density at radius 2 is 0.891 bits per heavy atom. The van der Waals surface area contributed by atoms with Crippen molar-refractivity contribution in [3.05, 3.63) is 60.8 Å². The molecule has 0 aliphatic carbocycles. The highest BCUT2D eigenvalue weighted by molar-refractivity contribution is 7.47. The molecule has 0 radical (unpaired) electrons. The number of likely N-dealkylation sites (N-methyl/N-ethyl adjacent to an activating group) is 1. The van der Waals surface area contributed by atoms with Crippen molar-refractivity contribution in [3.63, 3.8) is 0 Å². The maximum absolute atomic E-state index is 12.7. The van der Waals surface area contributed by atoms with E-state index in [0.29, 0.717) is 23.9 Å². The van der Waals surface area contributed by atoms with Gasteiger partial charge in [0.1, 0.15) is 19.8 Å². The first-order valence-electron chi connectivity index (χ1n) is 26.0. The molecule has 2 atom stereocenters. The van der Waals surface area contributed by atoms with E-state index in [1.165, 1.54) is 122 Å². The number of carbonyl (C=O) groups excluding carboxylic acids is 2. The van der Waals surface area contributed by atoms with Crippen LogP contribution in [0.3, 0.4) is 0 Å². The molecule has 0 bridgehead atoms. The topological polar surface area (TPSA) is 108 Å². The predicted molar refractivity (Wildman–Crippen MR) is 270 cm³/mol. The van der Waals surface area contributed by atoms with Crippen LogP contribution in [0, 0.1) is 0 Å². The van der Waals surface area contributed by atoms with Gasteiger partial charge in [0.25, 0.3) is 0 Å². The molecule has 1 unspecified atom stereocenters. The largest absolute Gasteiger partial charge is 0.472 e. The fourth-order valence-corrected chi connectivity index (χ4v) is 7.69. The van der Waals surface area contributed by atoms with Gasteiger partial charge < -0.3 is 18.9 Å². The number of unbranched alkanes of at least 4 members (excludes halogenated alkanes) is 23. The number of esters is 2. The van der Waals surface area contributed by atoms with E-state index >= 15 is 0 Å². The highest BCUT2D eigenvalue weighted by Gasteiger charge is 2.27. The summed E-state index contributed by atoms with van der Waals surface area (Å²) < 4.78 is 34.4. The third kappa shape index (κ3) is 49.2. The van der Waals surface area contributed by atoms with Crippen molar-refractivity contribution < 1.29 is 42.1 Å². The first-order chi connectivity index (χ1) is 31.0. The van der Waals surface area contributed by atoms with Crippen molar-refractivity contribution in [2.75, 3.05) is 47.5 Å². The van der Waals surface area contributed by atoms with E-state index in [4.69, 9.17) is 18.5 Å². The molecule has 0 spiro atoms. The number of quaternary nitrogens is 1. The second kappa shape index (κ2) is 45.8. The first-order valence-corrected chi connectivity index (χ1v) is 27.5. The minimum atomic E-state index is -4.40. The molecule has 0 saturated carbocycles. The number of rotatable bonds is 47. The molecule has 0 amide bonds. The third-order valence-electron chi connectivity index (χ3n) is 11.0. The van der Waals surface area contributed by atoms with Crippen molar-refractivity contribution in [1.82, 2.24) is 0 Å². The molecular formula is C54H99NO8P+. The number of nitrogens with zero attached hydrogens (tertiary/aromatic N) is 1. The highest BCUT2D eigenvalue weighted by atomic mass is 31.2. The summed E-state index contributed by atoms with van der Waals surface area (Å²) in [6.45, 7) is 4.31. The van der Waals surface area contributed by atoms with Gasteiger partial charge in [-0.3, -0.25) is 18.6 Å². The van der Waals surface area contributed by atoms with Crippen molar-refractivity contribution in [1.29, 1.82) is 0 Å². The van der Waals surface area contributed by atoms with Gasteiger partial charge in [-0.2, -0.15) is 0 Å². The molecule has 1 N–H and O–H groups in total. The number of carbonyl (C=O) groups is 2. The zero-order chi connectivity index (χ0) is 47.1. The van der Waals surface area contributed by atoms with Crippen LogP contribution in [-0.4, -0.2) is 74.9 Å². The van der Waals surface area contributed by atoms with E-state index in [2.05, 4.69) is 74.6 Å². The van der Waals surface area contributed by atoms with Gasteiger partial charge in [0.2, 0.25) is 0 Å². The lowest BCUT2D eigenvalue weighted by Crippen LogP contribution is -2.37. The normalized spacial score (nSPS) is 13.9. The molecular weight excluding hydrogens is 822 g/mol. The lowest BCUT2D eigenvalue weighted by atomic mass is 10.0. The van der Waals surface area contributed by atoms with Crippen LogP contribution < -0.4 is 0 Å². The second-order valence-corrected chi connectivity index (χ2v) is 20.0. The zero-order valence-corrected chi connectivity index (χ0v) is 42.9. The average Bonchev–Trinajstić information content (AvgIpc) is 3.25. The lowest BCUT2D eigenvalue weighted by molar-refractivity contribution is -0.870.